The number of halogens is 1. The van der Waals surface area contributed by atoms with Crippen LogP contribution >= 0.6 is 0 Å². The summed E-state index contributed by atoms with van der Waals surface area (Å²) in [6, 6.07) is 0. The largest absolute Gasteiger partial charge is 0.366 e. The van der Waals surface area contributed by atoms with Gasteiger partial charge in [-0.25, -0.2) is 14.4 Å². The molecule has 1 saturated carbocycles. The van der Waals surface area contributed by atoms with E-state index in [0.29, 0.717) is 18.7 Å². The number of hydrogen-bond acceptors (Lipinski definition) is 4. The van der Waals surface area contributed by atoms with E-state index in [0.717, 1.165) is 25.7 Å². The van der Waals surface area contributed by atoms with E-state index in [2.05, 4.69) is 15.3 Å². The molecule has 0 atom stereocenters. The average Bonchev–Trinajstić information content (AvgIpc) is 2.38. The Kier molecular flexibility index (Phi) is 4.11. The summed E-state index contributed by atoms with van der Waals surface area (Å²) in [6.07, 6.45) is 7.52. The molecule has 0 amide bonds. The fourth-order valence-electron chi connectivity index (χ4n) is 2.47. The van der Waals surface area contributed by atoms with Gasteiger partial charge in [0.1, 0.15) is 6.33 Å². The maximum atomic E-state index is 13.9. The molecule has 0 aromatic carbocycles. The Morgan fingerprint density at radius 1 is 1.33 bits per heavy atom. The molecule has 18 heavy (non-hydrogen) atoms. The summed E-state index contributed by atoms with van der Waals surface area (Å²) < 4.78 is 13.9. The Morgan fingerprint density at radius 2 is 2.06 bits per heavy atom. The summed E-state index contributed by atoms with van der Waals surface area (Å²) in [4.78, 5) is 7.86. The van der Waals surface area contributed by atoms with Gasteiger partial charge in [0.2, 0.25) is 0 Å². The summed E-state index contributed by atoms with van der Waals surface area (Å²) in [5.41, 5.74) is 6.53. The van der Waals surface area contributed by atoms with Crippen molar-refractivity contribution in [2.45, 2.75) is 51.0 Å². The number of anilines is 1. The van der Waals surface area contributed by atoms with Crippen molar-refractivity contribution in [3.8, 4) is 0 Å². The smallest absolute Gasteiger partial charge is 0.186 e. The molecular weight excluding hydrogens is 231 g/mol. The first-order chi connectivity index (χ1) is 8.64. The van der Waals surface area contributed by atoms with Gasteiger partial charge in [-0.1, -0.05) is 26.2 Å². The molecule has 0 unspecified atom stereocenters. The fourth-order valence-corrected chi connectivity index (χ4v) is 2.47. The van der Waals surface area contributed by atoms with E-state index in [1.165, 1.54) is 12.7 Å². The van der Waals surface area contributed by atoms with E-state index in [-0.39, 0.29) is 17.2 Å². The highest BCUT2D eigenvalue weighted by molar-refractivity contribution is 5.37. The standard InChI is InChI=1S/C13H21FN4/c1-2-10-11(14)12(18-9-17-10)16-8-13(15)6-4-3-5-7-13/h9H,2-8,15H2,1H3,(H,16,17,18). The molecule has 1 aliphatic rings. The van der Waals surface area contributed by atoms with Gasteiger partial charge in [-0.2, -0.15) is 0 Å². The lowest BCUT2D eigenvalue weighted by atomic mass is 9.82. The van der Waals surface area contributed by atoms with Crippen LogP contribution in [0, 0.1) is 5.82 Å². The summed E-state index contributed by atoms with van der Waals surface area (Å²) in [5.74, 6) is -0.0725. The first-order valence-corrected chi connectivity index (χ1v) is 6.67. The summed E-state index contributed by atoms with van der Waals surface area (Å²) >= 11 is 0. The third-order valence-corrected chi connectivity index (χ3v) is 3.65. The van der Waals surface area contributed by atoms with Gasteiger partial charge in [-0.05, 0) is 19.3 Å². The molecule has 0 radical (unpaired) electrons. The van der Waals surface area contributed by atoms with Crippen molar-refractivity contribution >= 4 is 5.82 Å². The minimum Gasteiger partial charge on any atom is -0.366 e. The van der Waals surface area contributed by atoms with Gasteiger partial charge in [-0.3, -0.25) is 0 Å². The summed E-state index contributed by atoms with van der Waals surface area (Å²) in [6.45, 7) is 2.45. The molecule has 0 bridgehead atoms. The zero-order valence-electron chi connectivity index (χ0n) is 10.9. The monoisotopic (exact) mass is 252 g/mol. The lowest BCUT2D eigenvalue weighted by molar-refractivity contribution is 0.310. The maximum absolute atomic E-state index is 13.9. The molecule has 2 rings (SSSR count). The van der Waals surface area contributed by atoms with Crippen LogP contribution in [0.2, 0.25) is 0 Å². The van der Waals surface area contributed by atoms with Crippen LogP contribution < -0.4 is 11.1 Å². The SMILES string of the molecule is CCc1ncnc(NCC2(N)CCCCC2)c1F. The van der Waals surface area contributed by atoms with Crippen LogP contribution in [0.3, 0.4) is 0 Å². The molecule has 4 nitrogen and oxygen atoms in total. The number of hydrogen-bond donors (Lipinski definition) is 2. The van der Waals surface area contributed by atoms with Gasteiger partial charge in [-0.15, -0.1) is 0 Å². The zero-order chi connectivity index (χ0) is 13.0. The second-order valence-electron chi connectivity index (χ2n) is 5.11. The number of nitrogens with one attached hydrogen (secondary N) is 1. The van der Waals surface area contributed by atoms with E-state index in [4.69, 9.17) is 5.73 Å². The van der Waals surface area contributed by atoms with Crippen LogP contribution in [0.4, 0.5) is 10.2 Å². The topological polar surface area (TPSA) is 63.8 Å². The third kappa shape index (κ3) is 2.96. The maximum Gasteiger partial charge on any atom is 0.186 e. The molecule has 5 heteroatoms. The lowest BCUT2D eigenvalue weighted by Crippen LogP contribution is -2.47. The lowest BCUT2D eigenvalue weighted by Gasteiger charge is -2.33. The Bertz CT molecular complexity index is 402. The molecule has 0 spiro atoms. The van der Waals surface area contributed by atoms with Crippen molar-refractivity contribution in [1.29, 1.82) is 0 Å². The van der Waals surface area contributed by atoms with Crippen LogP contribution in [0.1, 0.15) is 44.7 Å². The molecule has 0 saturated heterocycles. The highest BCUT2D eigenvalue weighted by atomic mass is 19.1. The normalized spacial score (nSPS) is 18.6. The first-order valence-electron chi connectivity index (χ1n) is 6.67. The Labute approximate surface area is 107 Å². The van der Waals surface area contributed by atoms with Crippen LogP contribution in [0.5, 0.6) is 0 Å². The second-order valence-corrected chi connectivity index (χ2v) is 5.11. The highest BCUT2D eigenvalue weighted by Gasteiger charge is 2.27. The molecule has 0 aliphatic heterocycles. The van der Waals surface area contributed by atoms with Gasteiger partial charge in [0.15, 0.2) is 11.6 Å². The van der Waals surface area contributed by atoms with Crippen LogP contribution in [0.15, 0.2) is 6.33 Å². The van der Waals surface area contributed by atoms with Gasteiger partial charge < -0.3 is 11.1 Å². The summed E-state index contributed by atoms with van der Waals surface area (Å²) in [5, 5.41) is 3.05. The first kappa shape index (κ1) is 13.2. The van der Waals surface area contributed by atoms with E-state index >= 15 is 0 Å². The van der Waals surface area contributed by atoms with E-state index in [9.17, 15) is 4.39 Å². The number of aryl methyl sites for hydroxylation is 1. The minimum atomic E-state index is -0.348. The predicted octanol–water partition coefficient (Wildman–Crippen LogP) is 2.25. The van der Waals surface area contributed by atoms with Crippen molar-refractivity contribution in [3.63, 3.8) is 0 Å². The van der Waals surface area contributed by atoms with Crippen molar-refractivity contribution in [1.82, 2.24) is 9.97 Å². The van der Waals surface area contributed by atoms with E-state index in [1.807, 2.05) is 6.92 Å². The third-order valence-electron chi connectivity index (χ3n) is 3.65. The van der Waals surface area contributed by atoms with Crippen LogP contribution in [0.25, 0.3) is 0 Å². The fraction of sp³-hybridized carbons (Fsp3) is 0.692. The molecular formula is C13H21FN4. The van der Waals surface area contributed by atoms with E-state index < -0.39 is 0 Å². The molecule has 1 aromatic heterocycles. The summed E-state index contributed by atoms with van der Waals surface area (Å²) in [7, 11) is 0. The molecule has 1 fully saturated rings. The zero-order valence-corrected chi connectivity index (χ0v) is 10.9. The molecule has 1 heterocycles. The van der Waals surface area contributed by atoms with Crippen molar-refractivity contribution in [3.05, 3.63) is 17.8 Å². The van der Waals surface area contributed by atoms with Gasteiger partial charge in [0, 0.05) is 12.1 Å². The minimum absolute atomic E-state index is 0.220. The Morgan fingerprint density at radius 3 is 2.72 bits per heavy atom. The number of nitrogens with zero attached hydrogens (tertiary/aromatic N) is 2. The second kappa shape index (κ2) is 5.61. The van der Waals surface area contributed by atoms with E-state index in [1.54, 1.807) is 0 Å². The average molecular weight is 252 g/mol. The van der Waals surface area contributed by atoms with Gasteiger partial charge >= 0.3 is 0 Å². The van der Waals surface area contributed by atoms with Crippen molar-refractivity contribution in [2.75, 3.05) is 11.9 Å². The molecule has 1 aliphatic carbocycles. The van der Waals surface area contributed by atoms with Gasteiger partial charge in [0.05, 0.1) is 5.69 Å². The molecule has 1 aromatic rings. The quantitative estimate of drug-likeness (QED) is 0.862. The van der Waals surface area contributed by atoms with Crippen molar-refractivity contribution in [2.24, 2.45) is 5.73 Å². The van der Waals surface area contributed by atoms with Crippen LogP contribution in [-0.2, 0) is 6.42 Å². The number of nitrogens with two attached hydrogens (primary N) is 1. The highest BCUT2D eigenvalue weighted by Crippen LogP contribution is 2.26. The Balaban J connectivity index is 2.01. The molecule has 100 valence electrons. The number of rotatable bonds is 4. The Hall–Kier alpha value is -1.23. The molecule has 3 N–H and O–H groups in total. The number of aromatic nitrogens is 2. The van der Waals surface area contributed by atoms with Crippen LogP contribution in [-0.4, -0.2) is 22.1 Å². The van der Waals surface area contributed by atoms with Gasteiger partial charge in [0.25, 0.3) is 0 Å². The van der Waals surface area contributed by atoms with Crippen molar-refractivity contribution < 1.29 is 4.39 Å². The predicted molar refractivity (Wildman–Crippen MR) is 69.9 cm³/mol.